The SMILES string of the molecule is COc1ccc(SC(C)C(=O)NCCc2ccco2)cc1. The highest BCUT2D eigenvalue weighted by Gasteiger charge is 2.14. The van der Waals surface area contributed by atoms with Crippen LogP contribution in [-0.2, 0) is 11.2 Å². The number of methoxy groups -OCH3 is 1. The molecule has 1 aromatic carbocycles. The van der Waals surface area contributed by atoms with Gasteiger partial charge in [0.25, 0.3) is 0 Å². The number of ether oxygens (including phenoxy) is 1. The maximum atomic E-state index is 12.0. The summed E-state index contributed by atoms with van der Waals surface area (Å²) in [6.07, 6.45) is 2.35. The zero-order chi connectivity index (χ0) is 15.1. The van der Waals surface area contributed by atoms with Crippen LogP contribution in [0, 0.1) is 0 Å². The molecule has 0 bridgehead atoms. The zero-order valence-electron chi connectivity index (χ0n) is 12.2. The van der Waals surface area contributed by atoms with E-state index < -0.39 is 0 Å². The van der Waals surface area contributed by atoms with E-state index in [0.717, 1.165) is 16.4 Å². The minimum Gasteiger partial charge on any atom is -0.497 e. The second-order valence-electron chi connectivity index (χ2n) is 4.56. The van der Waals surface area contributed by atoms with E-state index in [-0.39, 0.29) is 11.2 Å². The predicted octanol–water partition coefficient (Wildman–Crippen LogP) is 3.13. The fourth-order valence-corrected chi connectivity index (χ4v) is 2.71. The lowest BCUT2D eigenvalue weighted by Crippen LogP contribution is -2.32. The molecule has 21 heavy (non-hydrogen) atoms. The average Bonchev–Trinajstić information content (AvgIpc) is 3.01. The summed E-state index contributed by atoms with van der Waals surface area (Å²) in [6.45, 7) is 2.48. The highest BCUT2D eigenvalue weighted by Crippen LogP contribution is 2.25. The maximum absolute atomic E-state index is 12.0. The molecular formula is C16H19NO3S. The quantitative estimate of drug-likeness (QED) is 0.799. The van der Waals surface area contributed by atoms with Gasteiger partial charge in [-0.15, -0.1) is 11.8 Å². The average molecular weight is 305 g/mol. The molecule has 0 radical (unpaired) electrons. The van der Waals surface area contributed by atoms with Crippen molar-refractivity contribution >= 4 is 17.7 Å². The Morgan fingerprint density at radius 3 is 2.71 bits per heavy atom. The number of nitrogens with one attached hydrogen (secondary N) is 1. The molecule has 0 fully saturated rings. The van der Waals surface area contributed by atoms with E-state index in [9.17, 15) is 4.79 Å². The van der Waals surface area contributed by atoms with E-state index in [4.69, 9.17) is 9.15 Å². The van der Waals surface area contributed by atoms with Crippen LogP contribution in [0.25, 0.3) is 0 Å². The molecule has 1 atom stereocenters. The van der Waals surface area contributed by atoms with Crippen molar-refractivity contribution < 1.29 is 13.9 Å². The lowest BCUT2D eigenvalue weighted by Gasteiger charge is -2.12. The monoisotopic (exact) mass is 305 g/mol. The van der Waals surface area contributed by atoms with Crippen LogP contribution in [0.15, 0.2) is 52.0 Å². The number of benzene rings is 1. The van der Waals surface area contributed by atoms with Gasteiger partial charge in [0.15, 0.2) is 0 Å². The molecule has 4 nitrogen and oxygen atoms in total. The molecule has 1 unspecified atom stereocenters. The van der Waals surface area contributed by atoms with Crippen LogP contribution in [-0.4, -0.2) is 24.8 Å². The van der Waals surface area contributed by atoms with Crippen molar-refractivity contribution in [2.45, 2.75) is 23.5 Å². The first-order valence-corrected chi connectivity index (χ1v) is 7.68. The molecule has 2 aromatic rings. The first-order chi connectivity index (χ1) is 10.2. The summed E-state index contributed by atoms with van der Waals surface area (Å²) >= 11 is 1.53. The van der Waals surface area contributed by atoms with Crippen molar-refractivity contribution in [2.24, 2.45) is 0 Å². The number of rotatable bonds is 7. The summed E-state index contributed by atoms with van der Waals surface area (Å²) in [7, 11) is 1.64. The molecule has 0 aliphatic rings. The Bertz CT molecular complexity index is 551. The molecule has 112 valence electrons. The van der Waals surface area contributed by atoms with Gasteiger partial charge in [0, 0.05) is 17.9 Å². The van der Waals surface area contributed by atoms with Gasteiger partial charge in [0.1, 0.15) is 11.5 Å². The van der Waals surface area contributed by atoms with Gasteiger partial charge in [-0.2, -0.15) is 0 Å². The minimum absolute atomic E-state index is 0.0300. The molecule has 1 amide bonds. The van der Waals surface area contributed by atoms with Gasteiger partial charge < -0.3 is 14.5 Å². The van der Waals surface area contributed by atoms with Crippen LogP contribution in [0.4, 0.5) is 0 Å². The molecule has 0 saturated carbocycles. The Morgan fingerprint density at radius 2 is 2.10 bits per heavy atom. The Labute approximate surface area is 128 Å². The van der Waals surface area contributed by atoms with Crippen LogP contribution in [0.3, 0.4) is 0 Å². The molecule has 0 spiro atoms. The van der Waals surface area contributed by atoms with Crippen molar-refractivity contribution in [1.29, 1.82) is 0 Å². The Balaban J connectivity index is 1.76. The fraction of sp³-hybridized carbons (Fsp3) is 0.312. The maximum Gasteiger partial charge on any atom is 0.233 e. The summed E-state index contributed by atoms with van der Waals surface area (Å²) in [4.78, 5) is 13.1. The molecule has 0 aliphatic heterocycles. The summed E-state index contributed by atoms with van der Waals surface area (Å²) in [5, 5.41) is 2.78. The van der Waals surface area contributed by atoms with E-state index in [1.54, 1.807) is 13.4 Å². The van der Waals surface area contributed by atoms with E-state index in [1.165, 1.54) is 11.8 Å². The van der Waals surface area contributed by atoms with Crippen LogP contribution in [0.2, 0.25) is 0 Å². The second kappa shape index (κ2) is 7.78. The predicted molar refractivity (Wildman–Crippen MR) is 83.7 cm³/mol. The molecule has 2 rings (SSSR count). The summed E-state index contributed by atoms with van der Waals surface area (Å²) in [6, 6.07) is 11.4. The smallest absolute Gasteiger partial charge is 0.233 e. The molecular weight excluding hydrogens is 286 g/mol. The lowest BCUT2D eigenvalue weighted by molar-refractivity contribution is -0.120. The first kappa shape index (κ1) is 15.5. The topological polar surface area (TPSA) is 51.5 Å². The normalized spacial score (nSPS) is 11.9. The summed E-state index contributed by atoms with van der Waals surface area (Å²) in [5.74, 6) is 1.73. The standard InChI is InChI=1S/C16H19NO3S/c1-12(21-15-7-5-13(19-2)6-8-15)16(18)17-10-9-14-4-3-11-20-14/h3-8,11-12H,9-10H2,1-2H3,(H,17,18). The highest BCUT2D eigenvalue weighted by atomic mass is 32.2. The number of thioether (sulfide) groups is 1. The van der Waals surface area contributed by atoms with Crippen molar-refractivity contribution in [3.05, 3.63) is 48.4 Å². The number of carbonyl (C=O) groups is 1. The summed E-state index contributed by atoms with van der Waals surface area (Å²) < 4.78 is 10.3. The summed E-state index contributed by atoms with van der Waals surface area (Å²) in [5.41, 5.74) is 0. The molecule has 5 heteroatoms. The Hall–Kier alpha value is -1.88. The molecule has 1 aromatic heterocycles. The number of hydrogen-bond acceptors (Lipinski definition) is 4. The molecule has 0 saturated heterocycles. The number of hydrogen-bond donors (Lipinski definition) is 1. The van der Waals surface area contributed by atoms with E-state index in [2.05, 4.69) is 5.32 Å². The third kappa shape index (κ3) is 4.86. The van der Waals surface area contributed by atoms with Gasteiger partial charge in [-0.25, -0.2) is 0 Å². The Kier molecular flexibility index (Phi) is 5.75. The van der Waals surface area contributed by atoms with E-state index in [1.807, 2.05) is 43.3 Å². The van der Waals surface area contributed by atoms with Gasteiger partial charge in [0.05, 0.1) is 18.6 Å². The van der Waals surface area contributed by atoms with Gasteiger partial charge in [0.2, 0.25) is 5.91 Å². The highest BCUT2D eigenvalue weighted by molar-refractivity contribution is 8.00. The van der Waals surface area contributed by atoms with E-state index >= 15 is 0 Å². The molecule has 0 aliphatic carbocycles. The van der Waals surface area contributed by atoms with Crippen LogP contribution < -0.4 is 10.1 Å². The zero-order valence-corrected chi connectivity index (χ0v) is 13.0. The molecule has 1 N–H and O–H groups in total. The minimum atomic E-state index is -0.144. The van der Waals surface area contributed by atoms with Gasteiger partial charge in [-0.1, -0.05) is 0 Å². The van der Waals surface area contributed by atoms with Crippen LogP contribution in [0.5, 0.6) is 5.75 Å². The van der Waals surface area contributed by atoms with Crippen molar-refractivity contribution in [3.63, 3.8) is 0 Å². The van der Waals surface area contributed by atoms with Crippen molar-refractivity contribution in [2.75, 3.05) is 13.7 Å². The molecule has 1 heterocycles. The van der Waals surface area contributed by atoms with Crippen LogP contribution in [0.1, 0.15) is 12.7 Å². The number of carbonyl (C=O) groups excluding carboxylic acids is 1. The largest absolute Gasteiger partial charge is 0.497 e. The van der Waals surface area contributed by atoms with E-state index in [0.29, 0.717) is 13.0 Å². The lowest BCUT2D eigenvalue weighted by atomic mass is 10.3. The Morgan fingerprint density at radius 1 is 1.33 bits per heavy atom. The van der Waals surface area contributed by atoms with Gasteiger partial charge >= 0.3 is 0 Å². The number of furan rings is 1. The van der Waals surface area contributed by atoms with Crippen molar-refractivity contribution in [3.8, 4) is 5.75 Å². The first-order valence-electron chi connectivity index (χ1n) is 6.80. The second-order valence-corrected chi connectivity index (χ2v) is 5.97. The fourth-order valence-electron chi connectivity index (χ4n) is 1.82. The van der Waals surface area contributed by atoms with Gasteiger partial charge in [-0.3, -0.25) is 4.79 Å². The van der Waals surface area contributed by atoms with Gasteiger partial charge in [-0.05, 0) is 43.3 Å². The van der Waals surface area contributed by atoms with Crippen LogP contribution >= 0.6 is 11.8 Å². The number of amides is 1. The third-order valence-electron chi connectivity index (χ3n) is 2.99. The third-order valence-corrected chi connectivity index (χ3v) is 4.10. The van der Waals surface area contributed by atoms with Crippen molar-refractivity contribution in [1.82, 2.24) is 5.32 Å².